The Morgan fingerprint density at radius 1 is 1.19 bits per heavy atom. The van der Waals surface area contributed by atoms with Gasteiger partial charge in [-0.05, 0) is 43.0 Å². The van der Waals surface area contributed by atoms with E-state index in [1.165, 1.54) is 0 Å². The summed E-state index contributed by atoms with van der Waals surface area (Å²) in [5.41, 5.74) is 3.08. The first-order chi connectivity index (χ1) is 15.1. The minimum Gasteiger partial charge on any atom is -0.352 e. The smallest absolute Gasteiger partial charge is 0.237 e. The number of likely N-dealkylation sites (tertiary alicyclic amines) is 1. The number of para-hydroxylation sites is 2. The zero-order valence-corrected chi connectivity index (χ0v) is 18.7. The molecule has 0 bridgehead atoms. The minimum absolute atomic E-state index is 0.124. The van der Waals surface area contributed by atoms with Gasteiger partial charge >= 0.3 is 0 Å². The van der Waals surface area contributed by atoms with E-state index in [9.17, 15) is 4.79 Å². The van der Waals surface area contributed by atoms with E-state index >= 15 is 0 Å². The molecule has 1 aliphatic carbocycles. The van der Waals surface area contributed by atoms with Crippen molar-refractivity contribution < 1.29 is 4.79 Å². The molecule has 1 amide bonds. The van der Waals surface area contributed by atoms with Crippen LogP contribution in [0.4, 0.5) is 0 Å². The molecular weight excluding hydrogens is 428 g/mol. The van der Waals surface area contributed by atoms with Crippen molar-refractivity contribution in [3.63, 3.8) is 0 Å². The monoisotopic (exact) mass is 452 g/mol. The second-order valence-electron chi connectivity index (χ2n) is 8.26. The molecule has 0 spiro atoms. The van der Waals surface area contributed by atoms with Gasteiger partial charge in [-0.3, -0.25) is 9.69 Å². The summed E-state index contributed by atoms with van der Waals surface area (Å²) in [5, 5.41) is 5.10. The van der Waals surface area contributed by atoms with Gasteiger partial charge in [0.1, 0.15) is 0 Å². The van der Waals surface area contributed by atoms with Crippen molar-refractivity contribution in [2.75, 3.05) is 13.1 Å². The van der Waals surface area contributed by atoms with Crippen molar-refractivity contribution in [3.8, 4) is 0 Å². The zero-order chi connectivity index (χ0) is 21.2. The highest BCUT2D eigenvalue weighted by Gasteiger charge is 2.39. The van der Waals surface area contributed by atoms with E-state index in [1.54, 1.807) is 11.8 Å². The largest absolute Gasteiger partial charge is 0.352 e. The second kappa shape index (κ2) is 9.07. The molecule has 1 aromatic heterocycles. The Morgan fingerprint density at radius 2 is 1.97 bits per heavy atom. The number of rotatable bonds is 7. The Bertz CT molecular complexity index is 1060. The van der Waals surface area contributed by atoms with Crippen molar-refractivity contribution in [2.24, 2.45) is 0 Å². The Kier molecular flexibility index (Phi) is 6.03. The van der Waals surface area contributed by atoms with Gasteiger partial charge < -0.3 is 10.3 Å². The third-order valence-corrected chi connectivity index (χ3v) is 7.03. The van der Waals surface area contributed by atoms with Crippen LogP contribution in [0.2, 0.25) is 0 Å². The molecule has 7 heteroatoms. The van der Waals surface area contributed by atoms with Crippen molar-refractivity contribution in [1.29, 1.82) is 0 Å². The van der Waals surface area contributed by atoms with Crippen molar-refractivity contribution in [2.45, 2.75) is 41.8 Å². The number of aromatic amines is 1. The number of benzene rings is 2. The maximum Gasteiger partial charge on any atom is 0.237 e. The summed E-state index contributed by atoms with van der Waals surface area (Å²) in [5.74, 6) is 0.124. The Hall–Kier alpha value is -2.28. The summed E-state index contributed by atoms with van der Waals surface area (Å²) in [7, 11) is 0. The number of thioether (sulfide) groups is 1. The van der Waals surface area contributed by atoms with Gasteiger partial charge in [0.2, 0.25) is 5.91 Å². The second-order valence-corrected chi connectivity index (χ2v) is 10.0. The number of H-pyrrole nitrogens is 1. The predicted octanol–water partition coefficient (Wildman–Crippen LogP) is 4.66. The minimum atomic E-state index is -0.166. The number of imidazole rings is 1. The van der Waals surface area contributed by atoms with E-state index in [0.717, 1.165) is 52.6 Å². The molecule has 31 heavy (non-hydrogen) atoms. The number of nitrogens with one attached hydrogen (secondary N) is 2. The summed E-state index contributed by atoms with van der Waals surface area (Å²) in [6.07, 6.45) is 4.95. The average molecular weight is 453 g/mol. The van der Waals surface area contributed by atoms with Crippen molar-refractivity contribution in [1.82, 2.24) is 20.2 Å². The van der Waals surface area contributed by atoms with Crippen LogP contribution in [-0.2, 0) is 4.79 Å². The fourth-order valence-corrected chi connectivity index (χ4v) is 5.49. The highest BCUT2D eigenvalue weighted by Crippen LogP contribution is 2.34. The van der Waals surface area contributed by atoms with Gasteiger partial charge in [-0.1, -0.05) is 65.8 Å². The molecule has 3 aromatic rings. The fourth-order valence-electron chi connectivity index (χ4n) is 4.03. The Labute approximate surface area is 191 Å². The molecule has 5 rings (SSSR count). The molecule has 2 aliphatic rings. The number of halogens is 1. The van der Waals surface area contributed by atoms with E-state index in [0.29, 0.717) is 12.6 Å². The highest BCUT2D eigenvalue weighted by atomic mass is 35.5. The number of hydrogen-bond acceptors (Lipinski definition) is 4. The fraction of sp³-hybridized carbons (Fsp3) is 0.333. The van der Waals surface area contributed by atoms with Crippen LogP contribution in [0.3, 0.4) is 0 Å². The molecule has 160 valence electrons. The van der Waals surface area contributed by atoms with Crippen molar-refractivity contribution in [3.05, 3.63) is 65.2 Å². The summed E-state index contributed by atoms with van der Waals surface area (Å²) >= 11 is 8.32. The maximum atomic E-state index is 12.9. The molecule has 1 saturated carbocycles. The maximum absolute atomic E-state index is 12.9. The van der Waals surface area contributed by atoms with E-state index in [1.807, 2.05) is 60.7 Å². The van der Waals surface area contributed by atoms with Crippen LogP contribution in [0.5, 0.6) is 0 Å². The Balaban J connectivity index is 1.30. The number of hydrogen-bond donors (Lipinski definition) is 2. The molecule has 2 aromatic carbocycles. The average Bonchev–Trinajstić information content (AvgIpc) is 3.34. The third-order valence-electron chi connectivity index (χ3n) is 5.71. The summed E-state index contributed by atoms with van der Waals surface area (Å²) < 4.78 is 0. The lowest BCUT2D eigenvalue weighted by Crippen LogP contribution is -2.44. The van der Waals surface area contributed by atoms with E-state index in [4.69, 9.17) is 16.6 Å². The molecule has 2 fully saturated rings. The Morgan fingerprint density at radius 3 is 2.74 bits per heavy atom. The van der Waals surface area contributed by atoms with Crippen LogP contribution in [0.25, 0.3) is 17.1 Å². The van der Waals surface area contributed by atoms with Crippen LogP contribution < -0.4 is 5.32 Å². The molecule has 2 heterocycles. The van der Waals surface area contributed by atoms with Gasteiger partial charge in [0.25, 0.3) is 0 Å². The SMILES string of the molecule is O=C(NC1CC1)[C@@H]1C[C@@H](Sc2nc3ccccc3[nH]2)CN1C/C(Cl)=C/c1ccccc1. The molecule has 0 radical (unpaired) electrons. The van der Waals surface area contributed by atoms with Crippen LogP contribution in [0.1, 0.15) is 24.8 Å². The number of fused-ring (bicyclic) bond motifs is 1. The van der Waals surface area contributed by atoms with Crippen LogP contribution in [0, 0.1) is 0 Å². The first kappa shape index (κ1) is 20.6. The number of carbonyl (C=O) groups is 1. The van der Waals surface area contributed by atoms with E-state index in [-0.39, 0.29) is 17.2 Å². The highest BCUT2D eigenvalue weighted by molar-refractivity contribution is 7.99. The summed E-state index contributed by atoms with van der Waals surface area (Å²) in [6, 6.07) is 18.3. The van der Waals surface area contributed by atoms with Gasteiger partial charge in [0.05, 0.1) is 17.1 Å². The number of aromatic nitrogens is 2. The molecule has 2 atom stereocenters. The third kappa shape index (κ3) is 5.14. The molecule has 5 nitrogen and oxygen atoms in total. The number of amides is 1. The van der Waals surface area contributed by atoms with Crippen LogP contribution in [0.15, 0.2) is 64.8 Å². The van der Waals surface area contributed by atoms with Crippen LogP contribution >= 0.6 is 23.4 Å². The molecular formula is C24H25ClN4OS. The van der Waals surface area contributed by atoms with Crippen molar-refractivity contribution >= 4 is 46.4 Å². The standard InChI is InChI=1S/C24H25ClN4OS/c25-17(12-16-6-2-1-3-7-16)14-29-15-19(13-22(29)23(30)26-18-10-11-18)31-24-27-20-8-4-5-9-21(20)28-24/h1-9,12,18-19,22H,10-11,13-15H2,(H,26,30)(H,27,28)/b17-12-/t19-,22+/m1/s1. The number of carbonyl (C=O) groups excluding carboxylic acids is 1. The summed E-state index contributed by atoms with van der Waals surface area (Å²) in [4.78, 5) is 23.2. The normalized spacial score (nSPS) is 22.2. The molecule has 1 saturated heterocycles. The molecule has 0 unspecified atom stereocenters. The van der Waals surface area contributed by atoms with Gasteiger partial charge in [0.15, 0.2) is 5.16 Å². The quantitative estimate of drug-likeness (QED) is 0.547. The van der Waals surface area contributed by atoms with E-state index < -0.39 is 0 Å². The predicted molar refractivity (Wildman–Crippen MR) is 127 cm³/mol. The van der Waals surface area contributed by atoms with Gasteiger partial charge in [0, 0.05) is 29.4 Å². The van der Waals surface area contributed by atoms with E-state index in [2.05, 4.69) is 15.2 Å². The van der Waals surface area contributed by atoms with Gasteiger partial charge in [-0.25, -0.2) is 4.98 Å². The number of nitrogens with zero attached hydrogens (tertiary/aromatic N) is 2. The first-order valence-corrected chi connectivity index (χ1v) is 12.0. The van der Waals surface area contributed by atoms with Crippen LogP contribution in [-0.4, -0.2) is 51.2 Å². The first-order valence-electron chi connectivity index (χ1n) is 10.7. The molecule has 1 aliphatic heterocycles. The molecule has 2 N–H and O–H groups in total. The lowest BCUT2D eigenvalue weighted by molar-refractivity contribution is -0.125. The lowest BCUT2D eigenvalue weighted by Gasteiger charge is -2.23. The lowest BCUT2D eigenvalue weighted by atomic mass is 10.2. The van der Waals surface area contributed by atoms with Gasteiger partial charge in [-0.2, -0.15) is 0 Å². The zero-order valence-electron chi connectivity index (χ0n) is 17.1. The van der Waals surface area contributed by atoms with Gasteiger partial charge in [-0.15, -0.1) is 0 Å². The topological polar surface area (TPSA) is 61.0 Å². The summed E-state index contributed by atoms with van der Waals surface area (Å²) in [6.45, 7) is 1.36.